The van der Waals surface area contributed by atoms with E-state index < -0.39 is 0 Å². The van der Waals surface area contributed by atoms with Crippen molar-refractivity contribution in [2.45, 2.75) is 19.8 Å². The van der Waals surface area contributed by atoms with Crippen LogP contribution in [0.3, 0.4) is 0 Å². The summed E-state index contributed by atoms with van der Waals surface area (Å²) in [6.07, 6.45) is 3.80. The minimum absolute atomic E-state index is 0.669. The van der Waals surface area contributed by atoms with Crippen LogP contribution >= 0.6 is 0 Å². The highest BCUT2D eigenvalue weighted by Crippen LogP contribution is 2.41. The molecule has 4 rings (SSSR count). The summed E-state index contributed by atoms with van der Waals surface area (Å²) < 4.78 is 11.9. The Balaban J connectivity index is 1.91. The fourth-order valence-corrected chi connectivity index (χ4v) is 3.34. The molecule has 0 amide bonds. The summed E-state index contributed by atoms with van der Waals surface area (Å²) in [4.78, 5) is 0. The number of rotatable bonds is 4. The van der Waals surface area contributed by atoms with Gasteiger partial charge in [-0.05, 0) is 37.5 Å². The van der Waals surface area contributed by atoms with Gasteiger partial charge in [-0.1, -0.05) is 48.5 Å². The maximum atomic E-state index is 6.33. The maximum absolute atomic E-state index is 6.33. The molecule has 0 fully saturated rings. The largest absolute Gasteiger partial charge is 0.501 e. The zero-order valence-electron chi connectivity index (χ0n) is 14.4. The average molecular weight is 329 g/mol. The number of allylic oxidation sites excluding steroid dienone is 1. The molecule has 1 heterocycles. The van der Waals surface area contributed by atoms with Gasteiger partial charge in [0.15, 0.2) is 0 Å². The van der Waals surface area contributed by atoms with Crippen molar-refractivity contribution in [1.29, 1.82) is 0 Å². The van der Waals surface area contributed by atoms with Crippen molar-refractivity contribution < 1.29 is 9.15 Å². The molecule has 0 unspecified atom stereocenters. The number of benzene rings is 2. The zero-order valence-corrected chi connectivity index (χ0v) is 14.4. The smallest absolute Gasteiger partial charge is 0.363 e. The highest BCUT2D eigenvalue weighted by molar-refractivity contribution is 5.80. The quantitative estimate of drug-likeness (QED) is 0.418. The van der Waals surface area contributed by atoms with E-state index in [1.54, 1.807) is 0 Å². The molecular weight excluding hydrogens is 308 g/mol. The maximum Gasteiger partial charge on any atom is 0.363 e. The van der Waals surface area contributed by atoms with Crippen molar-refractivity contribution >= 4 is 5.57 Å². The second-order valence-electron chi connectivity index (χ2n) is 6.16. The minimum atomic E-state index is 0.669. The van der Waals surface area contributed by atoms with Crippen molar-refractivity contribution in [2.24, 2.45) is 0 Å². The number of ether oxygens (including phenoxy) is 1. The summed E-state index contributed by atoms with van der Waals surface area (Å²) in [5.41, 5.74) is 5.98. The summed E-state index contributed by atoms with van der Waals surface area (Å²) in [6, 6.07) is 23.0. The van der Waals surface area contributed by atoms with E-state index in [-0.39, 0.29) is 0 Å². The van der Waals surface area contributed by atoms with Crippen LogP contribution < -0.4 is 0 Å². The fourth-order valence-electron chi connectivity index (χ4n) is 3.34. The predicted octanol–water partition coefficient (Wildman–Crippen LogP) is 6.22. The third kappa shape index (κ3) is 3.08. The van der Waals surface area contributed by atoms with Crippen LogP contribution in [0.5, 0.6) is 0 Å². The van der Waals surface area contributed by atoms with Gasteiger partial charge >= 0.3 is 11.5 Å². The average Bonchev–Trinajstić information content (AvgIpc) is 3.10. The summed E-state index contributed by atoms with van der Waals surface area (Å²) in [6.45, 7) is 2.67. The van der Waals surface area contributed by atoms with Gasteiger partial charge in [-0.3, -0.25) is 0 Å². The first-order chi connectivity index (χ1) is 12.4. The van der Waals surface area contributed by atoms with E-state index in [2.05, 4.69) is 48.5 Å². The SMILES string of the molecule is CCOC=C1CCc2c(-c3ccccc3)cc(-c3ccccc3)[o+]c21. The molecule has 0 radical (unpaired) electrons. The molecular formula is C23H21O2+. The lowest BCUT2D eigenvalue weighted by molar-refractivity contribution is 0.269. The number of hydrogen-bond acceptors (Lipinski definition) is 1. The van der Waals surface area contributed by atoms with Gasteiger partial charge in [-0.2, -0.15) is 0 Å². The van der Waals surface area contributed by atoms with Gasteiger partial charge in [-0.15, -0.1) is 0 Å². The lowest BCUT2D eigenvalue weighted by atomic mass is 9.98. The summed E-state index contributed by atoms with van der Waals surface area (Å²) >= 11 is 0. The van der Waals surface area contributed by atoms with Crippen LogP contribution in [0.1, 0.15) is 24.7 Å². The second-order valence-corrected chi connectivity index (χ2v) is 6.16. The summed E-state index contributed by atoms with van der Waals surface area (Å²) in [5.74, 6) is 1.86. The lowest BCUT2D eigenvalue weighted by Gasteiger charge is -2.04. The predicted molar refractivity (Wildman–Crippen MR) is 102 cm³/mol. The molecule has 0 N–H and O–H groups in total. The Hall–Kier alpha value is -2.87. The molecule has 0 saturated carbocycles. The Bertz CT molecular complexity index is 896. The Morgan fingerprint density at radius 1 is 0.920 bits per heavy atom. The molecule has 1 aromatic heterocycles. The topological polar surface area (TPSA) is 20.5 Å². The highest BCUT2D eigenvalue weighted by atomic mass is 16.5. The Morgan fingerprint density at radius 3 is 2.28 bits per heavy atom. The highest BCUT2D eigenvalue weighted by Gasteiger charge is 2.33. The van der Waals surface area contributed by atoms with Crippen molar-refractivity contribution in [3.63, 3.8) is 0 Å². The first kappa shape index (κ1) is 15.6. The molecule has 3 aromatic rings. The van der Waals surface area contributed by atoms with E-state index in [1.807, 2.05) is 31.4 Å². The molecule has 0 aliphatic heterocycles. The van der Waals surface area contributed by atoms with Crippen LogP contribution in [0.15, 0.2) is 77.4 Å². The lowest BCUT2D eigenvalue weighted by Crippen LogP contribution is -1.91. The molecule has 0 atom stereocenters. The first-order valence-corrected chi connectivity index (χ1v) is 8.78. The van der Waals surface area contributed by atoms with Crippen molar-refractivity contribution in [3.8, 4) is 22.5 Å². The Kier molecular flexibility index (Phi) is 4.34. The zero-order chi connectivity index (χ0) is 17.1. The van der Waals surface area contributed by atoms with Crippen LogP contribution in [0.25, 0.3) is 28.0 Å². The van der Waals surface area contributed by atoms with Crippen LogP contribution in [-0.2, 0) is 11.2 Å². The van der Waals surface area contributed by atoms with Crippen molar-refractivity contribution in [3.05, 3.63) is 84.3 Å². The van der Waals surface area contributed by atoms with E-state index in [1.165, 1.54) is 16.7 Å². The van der Waals surface area contributed by atoms with Gasteiger partial charge in [0.25, 0.3) is 0 Å². The van der Waals surface area contributed by atoms with Crippen LogP contribution in [0.2, 0.25) is 0 Å². The van der Waals surface area contributed by atoms with Crippen LogP contribution in [0.4, 0.5) is 0 Å². The third-order valence-electron chi connectivity index (χ3n) is 4.56. The monoisotopic (exact) mass is 329 g/mol. The van der Waals surface area contributed by atoms with E-state index in [4.69, 9.17) is 9.15 Å². The Labute approximate surface area is 148 Å². The summed E-state index contributed by atoms with van der Waals surface area (Å²) in [7, 11) is 0. The van der Waals surface area contributed by atoms with E-state index in [0.29, 0.717) is 6.61 Å². The van der Waals surface area contributed by atoms with Crippen LogP contribution in [-0.4, -0.2) is 6.61 Å². The third-order valence-corrected chi connectivity index (χ3v) is 4.56. The molecule has 2 heteroatoms. The molecule has 2 aromatic carbocycles. The minimum Gasteiger partial charge on any atom is -0.501 e. The second kappa shape index (κ2) is 6.94. The molecule has 0 saturated heterocycles. The molecule has 124 valence electrons. The fraction of sp³-hybridized carbons (Fsp3) is 0.174. The Morgan fingerprint density at radius 2 is 1.60 bits per heavy atom. The van der Waals surface area contributed by atoms with Gasteiger partial charge in [0, 0.05) is 5.56 Å². The van der Waals surface area contributed by atoms with Gasteiger partial charge < -0.3 is 4.74 Å². The van der Waals surface area contributed by atoms with Gasteiger partial charge in [0.05, 0.1) is 35.6 Å². The van der Waals surface area contributed by atoms with E-state index >= 15 is 0 Å². The number of fused-ring (bicyclic) bond motifs is 1. The first-order valence-electron chi connectivity index (χ1n) is 8.78. The number of hydrogen-bond donors (Lipinski definition) is 0. The molecule has 2 nitrogen and oxygen atoms in total. The molecule has 0 bridgehead atoms. The van der Waals surface area contributed by atoms with Crippen molar-refractivity contribution in [2.75, 3.05) is 6.61 Å². The van der Waals surface area contributed by atoms with E-state index in [9.17, 15) is 0 Å². The van der Waals surface area contributed by atoms with Crippen LogP contribution in [0, 0.1) is 0 Å². The van der Waals surface area contributed by atoms with Gasteiger partial charge in [0.1, 0.15) is 0 Å². The molecule has 0 spiro atoms. The van der Waals surface area contributed by atoms with Crippen molar-refractivity contribution in [1.82, 2.24) is 0 Å². The molecule has 1 aliphatic carbocycles. The van der Waals surface area contributed by atoms with Gasteiger partial charge in [0.2, 0.25) is 0 Å². The van der Waals surface area contributed by atoms with E-state index in [0.717, 1.165) is 35.5 Å². The normalized spacial score (nSPS) is 14.5. The molecule has 1 aliphatic rings. The summed E-state index contributed by atoms with van der Waals surface area (Å²) in [5, 5.41) is 0. The molecule has 25 heavy (non-hydrogen) atoms. The standard InChI is InChI=1S/C23H21O2/c1-2-24-16-19-13-14-20-21(17-9-5-3-6-10-17)15-22(25-23(19)20)18-11-7-4-8-12-18/h3-12,15-16H,2,13-14H2,1H3/q+1. The van der Waals surface area contributed by atoms with Gasteiger partial charge in [-0.25, -0.2) is 4.42 Å².